The normalized spacial score (nSPS) is 11.8. The van der Waals surface area contributed by atoms with Crippen LogP contribution < -0.4 is 10.3 Å². The molecule has 8 heteroatoms. The van der Waals surface area contributed by atoms with Gasteiger partial charge in [-0.3, -0.25) is 9.36 Å². The highest BCUT2D eigenvalue weighted by Crippen LogP contribution is 2.31. The van der Waals surface area contributed by atoms with E-state index >= 15 is 0 Å². The molecule has 0 aliphatic heterocycles. The highest BCUT2D eigenvalue weighted by atomic mass is 35.5. The van der Waals surface area contributed by atoms with E-state index in [0.29, 0.717) is 39.7 Å². The average molecular weight is 551 g/mol. The second-order valence-electron chi connectivity index (χ2n) is 8.97. The van der Waals surface area contributed by atoms with E-state index in [4.69, 9.17) is 32.9 Å². The Kier molecular flexibility index (Phi) is 8.87. The lowest BCUT2D eigenvalue weighted by atomic mass is 10.0. The summed E-state index contributed by atoms with van der Waals surface area (Å²) in [6, 6.07) is 21.0. The third kappa shape index (κ3) is 6.09. The first-order chi connectivity index (χ1) is 18.3. The number of carboxylic acids is 1. The van der Waals surface area contributed by atoms with Crippen molar-refractivity contribution in [1.82, 2.24) is 9.55 Å². The summed E-state index contributed by atoms with van der Waals surface area (Å²) < 4.78 is 7.44. The molecule has 6 nitrogen and oxygen atoms in total. The Morgan fingerprint density at radius 1 is 1.03 bits per heavy atom. The number of carboxylic acid groups (broad SMARTS) is 1. The SMILES string of the molecule is CCCCc1nc(C)c(-c2ccccc2Cl)c(=O)n1Cc1ccc(OC(C(=O)O)c2ccccc2)c(Cl)c1. The number of ether oxygens (including phenoxy) is 1. The van der Waals surface area contributed by atoms with Gasteiger partial charge >= 0.3 is 5.97 Å². The van der Waals surface area contributed by atoms with E-state index in [0.717, 1.165) is 18.4 Å². The molecule has 196 valence electrons. The third-order valence-corrected chi connectivity index (χ3v) is 6.86. The molecule has 1 unspecified atom stereocenters. The van der Waals surface area contributed by atoms with E-state index in [1.807, 2.05) is 25.1 Å². The van der Waals surface area contributed by atoms with Crippen molar-refractivity contribution in [1.29, 1.82) is 0 Å². The van der Waals surface area contributed by atoms with Crippen LogP contribution in [0, 0.1) is 6.92 Å². The molecule has 1 atom stereocenters. The van der Waals surface area contributed by atoms with Crippen molar-refractivity contribution in [2.24, 2.45) is 0 Å². The second kappa shape index (κ2) is 12.3. The largest absolute Gasteiger partial charge is 0.478 e. The minimum Gasteiger partial charge on any atom is -0.478 e. The smallest absolute Gasteiger partial charge is 0.349 e. The van der Waals surface area contributed by atoms with Crippen LogP contribution in [0.2, 0.25) is 10.0 Å². The maximum absolute atomic E-state index is 13.8. The molecule has 0 aliphatic rings. The molecule has 1 aromatic heterocycles. The number of hydrogen-bond acceptors (Lipinski definition) is 4. The Morgan fingerprint density at radius 2 is 1.74 bits per heavy atom. The van der Waals surface area contributed by atoms with E-state index in [1.165, 1.54) is 0 Å². The summed E-state index contributed by atoms with van der Waals surface area (Å²) in [4.78, 5) is 30.5. The van der Waals surface area contributed by atoms with Crippen LogP contribution in [0.3, 0.4) is 0 Å². The quantitative estimate of drug-likeness (QED) is 0.227. The molecular formula is C30H28Cl2N2O4. The molecule has 1 N–H and O–H groups in total. The number of carbonyl (C=O) groups is 1. The summed E-state index contributed by atoms with van der Waals surface area (Å²) in [5.41, 5.74) is 2.82. The maximum atomic E-state index is 13.8. The molecule has 0 saturated heterocycles. The van der Waals surface area contributed by atoms with Gasteiger partial charge in [0, 0.05) is 22.6 Å². The van der Waals surface area contributed by atoms with Crippen LogP contribution in [0.25, 0.3) is 11.1 Å². The Labute approximate surface area is 231 Å². The van der Waals surface area contributed by atoms with E-state index < -0.39 is 12.1 Å². The molecular weight excluding hydrogens is 523 g/mol. The highest BCUT2D eigenvalue weighted by Gasteiger charge is 2.23. The highest BCUT2D eigenvalue weighted by molar-refractivity contribution is 6.33. The lowest BCUT2D eigenvalue weighted by molar-refractivity contribution is -0.145. The van der Waals surface area contributed by atoms with E-state index in [-0.39, 0.29) is 22.9 Å². The first-order valence-electron chi connectivity index (χ1n) is 12.4. The van der Waals surface area contributed by atoms with Gasteiger partial charge in [-0.15, -0.1) is 0 Å². The Balaban J connectivity index is 1.70. The van der Waals surface area contributed by atoms with Gasteiger partial charge in [-0.2, -0.15) is 0 Å². The monoisotopic (exact) mass is 550 g/mol. The van der Waals surface area contributed by atoms with Crippen molar-refractivity contribution < 1.29 is 14.6 Å². The molecule has 4 rings (SSSR count). The molecule has 0 aliphatic carbocycles. The molecule has 0 fully saturated rings. The number of nitrogens with zero attached hydrogens (tertiary/aromatic N) is 2. The summed E-state index contributed by atoms with van der Waals surface area (Å²) in [5.74, 6) is -0.193. The zero-order valence-corrected chi connectivity index (χ0v) is 22.7. The van der Waals surface area contributed by atoms with Gasteiger partial charge < -0.3 is 9.84 Å². The van der Waals surface area contributed by atoms with E-state index in [1.54, 1.807) is 59.2 Å². The minimum absolute atomic E-state index is 0.178. The molecule has 0 saturated carbocycles. The van der Waals surface area contributed by atoms with Gasteiger partial charge in [0.25, 0.3) is 5.56 Å². The van der Waals surface area contributed by atoms with Crippen LogP contribution in [0.15, 0.2) is 77.6 Å². The molecule has 0 bridgehead atoms. The predicted octanol–water partition coefficient (Wildman–Crippen LogP) is 7.12. The number of halogens is 2. The van der Waals surface area contributed by atoms with E-state index in [2.05, 4.69) is 6.92 Å². The summed E-state index contributed by atoms with van der Waals surface area (Å²) in [7, 11) is 0. The fourth-order valence-electron chi connectivity index (χ4n) is 4.32. The van der Waals surface area contributed by atoms with Crippen LogP contribution in [0.1, 0.15) is 48.5 Å². The number of benzene rings is 3. The summed E-state index contributed by atoms with van der Waals surface area (Å²) in [6.45, 7) is 4.16. The Morgan fingerprint density at radius 3 is 2.39 bits per heavy atom. The first-order valence-corrected chi connectivity index (χ1v) is 13.1. The topological polar surface area (TPSA) is 81.4 Å². The van der Waals surface area contributed by atoms with Crippen molar-refractivity contribution in [2.75, 3.05) is 0 Å². The number of aromatic nitrogens is 2. The molecule has 1 heterocycles. The molecule has 0 spiro atoms. The van der Waals surface area contributed by atoms with Crippen LogP contribution >= 0.6 is 23.2 Å². The number of aliphatic carboxylic acids is 1. The molecule has 3 aromatic carbocycles. The van der Waals surface area contributed by atoms with Gasteiger partial charge in [0.1, 0.15) is 11.6 Å². The number of unbranched alkanes of at least 4 members (excludes halogenated alkanes) is 1. The maximum Gasteiger partial charge on any atom is 0.349 e. The van der Waals surface area contributed by atoms with Gasteiger partial charge in [0.15, 0.2) is 0 Å². The van der Waals surface area contributed by atoms with Gasteiger partial charge in [-0.05, 0) is 37.1 Å². The van der Waals surface area contributed by atoms with Gasteiger partial charge in [-0.25, -0.2) is 9.78 Å². The lowest BCUT2D eigenvalue weighted by Crippen LogP contribution is -2.28. The van der Waals surface area contributed by atoms with Crippen molar-refractivity contribution >= 4 is 29.2 Å². The van der Waals surface area contributed by atoms with E-state index in [9.17, 15) is 14.7 Å². The Bertz CT molecular complexity index is 1500. The second-order valence-corrected chi connectivity index (χ2v) is 9.79. The predicted molar refractivity (Wildman–Crippen MR) is 150 cm³/mol. The van der Waals surface area contributed by atoms with Gasteiger partial charge in [0.2, 0.25) is 6.10 Å². The number of hydrogen-bond donors (Lipinski definition) is 1. The molecule has 0 amide bonds. The molecule has 4 aromatic rings. The van der Waals surface area contributed by atoms with Crippen molar-refractivity contribution in [2.45, 2.75) is 45.8 Å². The first kappa shape index (κ1) is 27.4. The summed E-state index contributed by atoms with van der Waals surface area (Å²) in [5, 5.41) is 10.4. The fraction of sp³-hybridized carbons (Fsp3) is 0.233. The van der Waals surface area contributed by atoms with Crippen molar-refractivity contribution in [3.8, 4) is 16.9 Å². The number of rotatable bonds is 10. The lowest BCUT2D eigenvalue weighted by Gasteiger charge is -2.18. The summed E-state index contributed by atoms with van der Waals surface area (Å²) in [6.07, 6.45) is 1.30. The van der Waals surface area contributed by atoms with Gasteiger partial charge in [-0.1, -0.05) is 91.1 Å². The van der Waals surface area contributed by atoms with Crippen LogP contribution in [0.4, 0.5) is 0 Å². The molecule has 0 radical (unpaired) electrons. The Hall–Kier alpha value is -3.61. The zero-order valence-electron chi connectivity index (χ0n) is 21.2. The van der Waals surface area contributed by atoms with Crippen molar-refractivity contribution in [3.63, 3.8) is 0 Å². The van der Waals surface area contributed by atoms with Crippen LogP contribution in [-0.4, -0.2) is 20.6 Å². The van der Waals surface area contributed by atoms with Crippen molar-refractivity contribution in [3.05, 3.63) is 116 Å². The average Bonchev–Trinajstić information content (AvgIpc) is 2.90. The fourth-order valence-corrected chi connectivity index (χ4v) is 4.79. The number of aryl methyl sites for hydroxylation is 2. The summed E-state index contributed by atoms with van der Waals surface area (Å²) >= 11 is 13.0. The zero-order chi connectivity index (χ0) is 27.2. The molecule has 38 heavy (non-hydrogen) atoms. The van der Waals surface area contributed by atoms with Gasteiger partial charge in [0.05, 0.1) is 22.8 Å². The third-order valence-electron chi connectivity index (χ3n) is 6.23. The minimum atomic E-state index is -1.21. The van der Waals surface area contributed by atoms with Crippen LogP contribution in [-0.2, 0) is 17.8 Å². The standard InChI is InChI=1S/C30H28Cl2N2O4/c1-3-4-14-26-33-19(2)27(22-12-8-9-13-23(22)31)29(35)34(26)18-20-15-16-25(24(32)17-20)38-28(30(36)37)21-10-6-5-7-11-21/h5-13,15-17,28H,3-4,14,18H2,1-2H3,(H,36,37). The van der Waals surface area contributed by atoms with Crippen LogP contribution in [0.5, 0.6) is 5.75 Å².